The first kappa shape index (κ1) is 16.2. The predicted octanol–water partition coefficient (Wildman–Crippen LogP) is 1.31. The van der Waals surface area contributed by atoms with Crippen LogP contribution in [0.15, 0.2) is 6.07 Å². The second-order valence-corrected chi connectivity index (χ2v) is 6.99. The SMILES string of the molecule is Cc1cc(N2CCN(CC(=O)NC3CC3)CC2)nc(C(C)C)n1. The number of piperazine rings is 1. The molecule has 2 heterocycles. The van der Waals surface area contributed by atoms with Crippen LogP contribution in [0.5, 0.6) is 0 Å². The Morgan fingerprint density at radius 1 is 1.26 bits per heavy atom. The number of anilines is 1. The molecule has 1 aromatic rings. The summed E-state index contributed by atoms with van der Waals surface area (Å²) >= 11 is 0. The van der Waals surface area contributed by atoms with E-state index in [1.807, 2.05) is 6.92 Å². The van der Waals surface area contributed by atoms with E-state index in [0.717, 1.165) is 56.4 Å². The number of aryl methyl sites for hydroxylation is 1. The standard InChI is InChI=1S/C17H27N5O/c1-12(2)17-18-13(3)10-15(20-17)22-8-6-21(7-9-22)11-16(23)19-14-4-5-14/h10,12,14H,4-9,11H2,1-3H3,(H,19,23). The molecule has 1 amide bonds. The Labute approximate surface area is 138 Å². The van der Waals surface area contributed by atoms with Crippen molar-refractivity contribution < 1.29 is 4.79 Å². The summed E-state index contributed by atoms with van der Waals surface area (Å²) < 4.78 is 0. The first-order valence-corrected chi connectivity index (χ1v) is 8.63. The van der Waals surface area contributed by atoms with Crippen molar-refractivity contribution in [1.82, 2.24) is 20.2 Å². The van der Waals surface area contributed by atoms with E-state index in [0.29, 0.717) is 18.5 Å². The molecule has 6 heteroatoms. The van der Waals surface area contributed by atoms with Gasteiger partial charge in [-0.05, 0) is 19.8 Å². The molecule has 0 bridgehead atoms. The third kappa shape index (κ3) is 4.41. The molecular formula is C17H27N5O. The van der Waals surface area contributed by atoms with Gasteiger partial charge in [-0.3, -0.25) is 9.69 Å². The van der Waals surface area contributed by atoms with Crippen molar-refractivity contribution >= 4 is 11.7 Å². The maximum absolute atomic E-state index is 11.9. The minimum atomic E-state index is 0.168. The predicted molar refractivity (Wildman–Crippen MR) is 90.7 cm³/mol. The maximum Gasteiger partial charge on any atom is 0.234 e. The van der Waals surface area contributed by atoms with Crippen LogP contribution in [0.4, 0.5) is 5.82 Å². The lowest BCUT2D eigenvalue weighted by molar-refractivity contribution is -0.122. The number of aromatic nitrogens is 2. The molecule has 6 nitrogen and oxygen atoms in total. The average molecular weight is 317 g/mol. The summed E-state index contributed by atoms with van der Waals surface area (Å²) in [5.41, 5.74) is 1.02. The first-order chi connectivity index (χ1) is 11.0. The van der Waals surface area contributed by atoms with Crippen LogP contribution in [0.25, 0.3) is 0 Å². The summed E-state index contributed by atoms with van der Waals surface area (Å²) in [6.45, 7) is 10.4. The van der Waals surface area contributed by atoms with Gasteiger partial charge in [-0.2, -0.15) is 0 Å². The van der Waals surface area contributed by atoms with Crippen molar-refractivity contribution in [2.45, 2.75) is 45.6 Å². The number of nitrogens with zero attached hydrogens (tertiary/aromatic N) is 4. The molecule has 126 valence electrons. The molecule has 0 atom stereocenters. The number of carbonyl (C=O) groups is 1. The largest absolute Gasteiger partial charge is 0.354 e. The van der Waals surface area contributed by atoms with Gasteiger partial charge in [0.15, 0.2) is 0 Å². The lowest BCUT2D eigenvalue weighted by Gasteiger charge is -2.35. The fourth-order valence-corrected chi connectivity index (χ4v) is 2.83. The first-order valence-electron chi connectivity index (χ1n) is 8.63. The molecule has 2 aliphatic rings. The Hall–Kier alpha value is -1.69. The number of amides is 1. The second kappa shape index (κ2) is 6.83. The van der Waals surface area contributed by atoms with Crippen molar-refractivity contribution in [3.63, 3.8) is 0 Å². The van der Waals surface area contributed by atoms with Crippen molar-refractivity contribution in [2.24, 2.45) is 0 Å². The van der Waals surface area contributed by atoms with Crippen LogP contribution in [-0.4, -0.2) is 59.5 Å². The van der Waals surface area contributed by atoms with Crippen LogP contribution in [0.3, 0.4) is 0 Å². The van der Waals surface area contributed by atoms with E-state index in [1.165, 1.54) is 0 Å². The lowest BCUT2D eigenvalue weighted by atomic mass is 10.2. The molecule has 1 N–H and O–H groups in total. The number of hydrogen-bond donors (Lipinski definition) is 1. The monoisotopic (exact) mass is 317 g/mol. The topological polar surface area (TPSA) is 61.4 Å². The molecule has 0 aromatic carbocycles. The fourth-order valence-electron chi connectivity index (χ4n) is 2.83. The molecule has 1 aliphatic carbocycles. The maximum atomic E-state index is 11.9. The Balaban J connectivity index is 1.55. The molecule has 1 saturated heterocycles. The minimum absolute atomic E-state index is 0.168. The highest BCUT2D eigenvalue weighted by Gasteiger charge is 2.25. The van der Waals surface area contributed by atoms with Gasteiger partial charge in [0.25, 0.3) is 0 Å². The fraction of sp³-hybridized carbons (Fsp3) is 0.706. The normalized spacial score (nSPS) is 19.2. The molecule has 0 spiro atoms. The Bertz CT molecular complexity index is 562. The summed E-state index contributed by atoms with van der Waals surface area (Å²) in [5, 5.41) is 3.06. The summed E-state index contributed by atoms with van der Waals surface area (Å²) in [5.74, 6) is 2.43. The van der Waals surface area contributed by atoms with Gasteiger partial charge in [0.2, 0.25) is 5.91 Å². The van der Waals surface area contributed by atoms with E-state index in [4.69, 9.17) is 4.98 Å². The number of hydrogen-bond acceptors (Lipinski definition) is 5. The average Bonchev–Trinajstić information content (AvgIpc) is 3.31. The minimum Gasteiger partial charge on any atom is -0.354 e. The molecule has 23 heavy (non-hydrogen) atoms. The van der Waals surface area contributed by atoms with Gasteiger partial charge < -0.3 is 10.2 Å². The van der Waals surface area contributed by atoms with Gasteiger partial charge in [0.05, 0.1) is 6.54 Å². The summed E-state index contributed by atoms with van der Waals surface area (Å²) in [6.07, 6.45) is 2.29. The molecule has 1 aromatic heterocycles. The number of nitrogens with one attached hydrogen (secondary N) is 1. The Morgan fingerprint density at radius 2 is 1.96 bits per heavy atom. The second-order valence-electron chi connectivity index (χ2n) is 6.99. The van der Waals surface area contributed by atoms with Gasteiger partial charge in [-0.15, -0.1) is 0 Å². The van der Waals surface area contributed by atoms with Crippen LogP contribution in [0.2, 0.25) is 0 Å². The molecule has 0 radical (unpaired) electrons. The zero-order chi connectivity index (χ0) is 16.4. The molecular weight excluding hydrogens is 290 g/mol. The number of rotatable bonds is 5. The summed E-state index contributed by atoms with van der Waals surface area (Å²) in [6, 6.07) is 2.50. The quantitative estimate of drug-likeness (QED) is 0.887. The number of carbonyl (C=O) groups excluding carboxylic acids is 1. The highest BCUT2D eigenvalue weighted by Crippen LogP contribution is 2.20. The smallest absolute Gasteiger partial charge is 0.234 e. The molecule has 1 saturated carbocycles. The van der Waals surface area contributed by atoms with Gasteiger partial charge >= 0.3 is 0 Å². The van der Waals surface area contributed by atoms with Gasteiger partial charge in [-0.25, -0.2) is 9.97 Å². The van der Waals surface area contributed by atoms with Crippen molar-refractivity contribution in [2.75, 3.05) is 37.6 Å². The van der Waals surface area contributed by atoms with Crippen LogP contribution in [0, 0.1) is 6.92 Å². The molecule has 1 aliphatic heterocycles. The van der Waals surface area contributed by atoms with Crippen molar-refractivity contribution in [3.05, 3.63) is 17.6 Å². The zero-order valence-electron chi connectivity index (χ0n) is 14.4. The van der Waals surface area contributed by atoms with Crippen molar-refractivity contribution in [3.8, 4) is 0 Å². The van der Waals surface area contributed by atoms with Crippen LogP contribution >= 0.6 is 0 Å². The van der Waals surface area contributed by atoms with Gasteiger partial charge in [0.1, 0.15) is 11.6 Å². The van der Waals surface area contributed by atoms with E-state index < -0.39 is 0 Å². The van der Waals surface area contributed by atoms with E-state index in [2.05, 4.69) is 40.0 Å². The highest BCUT2D eigenvalue weighted by molar-refractivity contribution is 5.78. The molecule has 0 unspecified atom stereocenters. The zero-order valence-corrected chi connectivity index (χ0v) is 14.4. The molecule has 3 rings (SSSR count). The van der Waals surface area contributed by atoms with E-state index in [-0.39, 0.29) is 5.91 Å². The van der Waals surface area contributed by atoms with Gasteiger partial charge in [-0.1, -0.05) is 13.8 Å². The molecule has 2 fully saturated rings. The van der Waals surface area contributed by atoms with Gasteiger partial charge in [0, 0.05) is 49.9 Å². The third-order valence-corrected chi connectivity index (χ3v) is 4.38. The Kier molecular flexibility index (Phi) is 4.80. The van der Waals surface area contributed by atoms with E-state index in [1.54, 1.807) is 0 Å². The van der Waals surface area contributed by atoms with E-state index in [9.17, 15) is 4.79 Å². The van der Waals surface area contributed by atoms with Crippen LogP contribution in [0.1, 0.15) is 44.1 Å². The van der Waals surface area contributed by atoms with E-state index >= 15 is 0 Å². The highest BCUT2D eigenvalue weighted by atomic mass is 16.2. The lowest BCUT2D eigenvalue weighted by Crippen LogP contribution is -2.50. The summed E-state index contributed by atoms with van der Waals surface area (Å²) in [4.78, 5) is 25.6. The summed E-state index contributed by atoms with van der Waals surface area (Å²) in [7, 11) is 0. The third-order valence-electron chi connectivity index (χ3n) is 4.38. The van der Waals surface area contributed by atoms with Crippen LogP contribution in [-0.2, 0) is 4.79 Å². The Morgan fingerprint density at radius 3 is 2.57 bits per heavy atom. The van der Waals surface area contributed by atoms with Crippen molar-refractivity contribution in [1.29, 1.82) is 0 Å². The van der Waals surface area contributed by atoms with Crippen LogP contribution < -0.4 is 10.2 Å².